The summed E-state index contributed by atoms with van der Waals surface area (Å²) in [5.74, 6) is 0.664. The molecule has 2 heterocycles. The maximum Gasteiger partial charge on any atom is 0.172 e. The topological polar surface area (TPSA) is 25.8 Å². The van der Waals surface area contributed by atoms with E-state index >= 15 is 0 Å². The molecule has 0 aromatic carbocycles. The van der Waals surface area contributed by atoms with Crippen molar-refractivity contribution >= 4 is 61.5 Å². The van der Waals surface area contributed by atoms with E-state index in [1.165, 1.54) is 0 Å². The molecule has 2 nitrogen and oxygen atoms in total. The number of rotatable bonds is 1. The second-order valence-electron chi connectivity index (χ2n) is 2.43. The molecule has 0 spiro atoms. The molecule has 0 amide bonds. The van der Waals surface area contributed by atoms with Crippen molar-refractivity contribution in [3.63, 3.8) is 0 Å². The zero-order valence-corrected chi connectivity index (χ0v) is 12.0. The van der Waals surface area contributed by atoms with Gasteiger partial charge in [0.25, 0.3) is 0 Å². The minimum Gasteiger partial charge on any atom is -0.235 e. The lowest BCUT2D eigenvalue weighted by molar-refractivity contribution is 1.17. The third-order valence-corrected chi connectivity index (χ3v) is 4.75. The molecule has 2 rings (SSSR count). The molecule has 6 heteroatoms. The van der Waals surface area contributed by atoms with Crippen molar-refractivity contribution in [3.05, 3.63) is 30.8 Å². The first-order valence-electron chi connectivity index (χ1n) is 3.60. The van der Waals surface area contributed by atoms with Crippen LogP contribution in [0.5, 0.6) is 0 Å². The number of hydrogen-bond acceptors (Lipinski definition) is 3. The van der Waals surface area contributed by atoms with Crippen LogP contribution in [-0.2, 0) is 0 Å². The first-order valence-corrected chi connectivity index (χ1v) is 6.73. The number of thiophene rings is 1. The maximum absolute atomic E-state index is 5.91. The molecule has 0 saturated heterocycles. The van der Waals surface area contributed by atoms with Crippen LogP contribution in [0, 0.1) is 3.57 Å². The molecule has 72 valence electrons. The van der Waals surface area contributed by atoms with Crippen molar-refractivity contribution in [3.8, 4) is 10.7 Å². The summed E-state index contributed by atoms with van der Waals surface area (Å²) in [6.07, 6.45) is 1.72. The van der Waals surface area contributed by atoms with E-state index in [0.717, 1.165) is 12.9 Å². The second-order valence-corrected chi connectivity index (χ2v) is 5.72. The van der Waals surface area contributed by atoms with Gasteiger partial charge in [0.1, 0.15) is 5.15 Å². The fourth-order valence-electron chi connectivity index (χ4n) is 0.909. The Morgan fingerprint density at radius 2 is 2.29 bits per heavy atom. The highest BCUT2D eigenvalue weighted by atomic mass is 127. The number of hydrogen-bond donors (Lipinski definition) is 0. The molecule has 0 N–H and O–H groups in total. The Bertz CT molecular complexity index is 474. The van der Waals surface area contributed by atoms with Gasteiger partial charge in [-0.1, -0.05) is 11.6 Å². The van der Waals surface area contributed by atoms with Crippen molar-refractivity contribution in [1.29, 1.82) is 0 Å². The van der Waals surface area contributed by atoms with Gasteiger partial charge in [0.15, 0.2) is 5.82 Å². The average molecular weight is 401 g/mol. The SMILES string of the molecule is Clc1nc(-c2sccc2Br)ncc1I. The fourth-order valence-corrected chi connectivity index (χ4v) is 2.79. The smallest absolute Gasteiger partial charge is 0.172 e. The summed E-state index contributed by atoms with van der Waals surface area (Å²) >= 11 is 13.0. The van der Waals surface area contributed by atoms with Gasteiger partial charge in [0.2, 0.25) is 0 Å². The standard InChI is InChI=1S/C8H3BrClIN2S/c9-4-1-2-14-6(4)8-12-3-5(11)7(10)13-8/h1-3H. The Kier molecular flexibility index (Phi) is 3.41. The van der Waals surface area contributed by atoms with E-state index in [0.29, 0.717) is 11.0 Å². The molecular weight excluding hydrogens is 398 g/mol. The molecule has 2 aromatic rings. The van der Waals surface area contributed by atoms with Crippen LogP contribution in [0.3, 0.4) is 0 Å². The summed E-state index contributed by atoms with van der Waals surface area (Å²) in [6, 6.07) is 1.97. The van der Waals surface area contributed by atoms with Crippen LogP contribution in [0.1, 0.15) is 0 Å². The monoisotopic (exact) mass is 400 g/mol. The molecule has 2 aromatic heterocycles. The Morgan fingerprint density at radius 1 is 1.50 bits per heavy atom. The van der Waals surface area contributed by atoms with E-state index in [-0.39, 0.29) is 0 Å². The normalized spacial score (nSPS) is 10.5. The highest BCUT2D eigenvalue weighted by Gasteiger charge is 2.09. The van der Waals surface area contributed by atoms with Gasteiger partial charge < -0.3 is 0 Å². The molecule has 0 radical (unpaired) electrons. The van der Waals surface area contributed by atoms with Crippen molar-refractivity contribution in [2.45, 2.75) is 0 Å². The largest absolute Gasteiger partial charge is 0.235 e. The molecule has 0 fully saturated rings. The van der Waals surface area contributed by atoms with Gasteiger partial charge in [-0.05, 0) is 50.0 Å². The van der Waals surface area contributed by atoms with E-state index in [2.05, 4.69) is 48.5 Å². The Labute approximate surface area is 112 Å². The van der Waals surface area contributed by atoms with E-state index < -0.39 is 0 Å². The van der Waals surface area contributed by atoms with Gasteiger partial charge in [-0.3, -0.25) is 0 Å². The molecular formula is C8H3BrClIN2S. The molecule has 0 aliphatic carbocycles. The van der Waals surface area contributed by atoms with Crippen LogP contribution in [0.2, 0.25) is 5.15 Å². The molecule has 14 heavy (non-hydrogen) atoms. The van der Waals surface area contributed by atoms with Crippen LogP contribution in [-0.4, -0.2) is 9.97 Å². The van der Waals surface area contributed by atoms with Crippen molar-refractivity contribution in [2.24, 2.45) is 0 Å². The van der Waals surface area contributed by atoms with Gasteiger partial charge >= 0.3 is 0 Å². The average Bonchev–Trinajstić information content (AvgIpc) is 2.57. The van der Waals surface area contributed by atoms with Crippen LogP contribution in [0.4, 0.5) is 0 Å². The maximum atomic E-state index is 5.91. The number of aromatic nitrogens is 2. The van der Waals surface area contributed by atoms with Crippen LogP contribution >= 0.6 is 61.5 Å². The summed E-state index contributed by atoms with van der Waals surface area (Å²) in [5, 5.41) is 2.48. The molecule has 0 saturated carbocycles. The fraction of sp³-hybridized carbons (Fsp3) is 0. The number of nitrogens with zero attached hydrogens (tertiary/aromatic N) is 2. The van der Waals surface area contributed by atoms with Gasteiger partial charge in [0, 0.05) is 10.7 Å². The third kappa shape index (κ3) is 2.10. The van der Waals surface area contributed by atoms with Crippen molar-refractivity contribution < 1.29 is 0 Å². The van der Waals surface area contributed by atoms with Crippen LogP contribution in [0.15, 0.2) is 22.1 Å². The number of halogens is 3. The summed E-state index contributed by atoms with van der Waals surface area (Å²) in [4.78, 5) is 9.43. The van der Waals surface area contributed by atoms with E-state index in [1.807, 2.05) is 11.4 Å². The summed E-state index contributed by atoms with van der Waals surface area (Å²) in [5.41, 5.74) is 0. The highest BCUT2D eigenvalue weighted by molar-refractivity contribution is 14.1. The molecule has 0 aliphatic heterocycles. The quantitative estimate of drug-likeness (QED) is 0.528. The van der Waals surface area contributed by atoms with E-state index in [1.54, 1.807) is 17.5 Å². The Hall–Kier alpha value is 0.280. The zero-order chi connectivity index (χ0) is 10.1. The molecule has 0 bridgehead atoms. The van der Waals surface area contributed by atoms with Crippen LogP contribution < -0.4 is 0 Å². The minimum absolute atomic E-state index is 0.496. The molecule has 0 aliphatic rings. The first kappa shape index (κ1) is 10.8. The first-order chi connectivity index (χ1) is 6.68. The van der Waals surface area contributed by atoms with Gasteiger partial charge in [-0.25, -0.2) is 9.97 Å². The second kappa shape index (κ2) is 4.42. The predicted octanol–water partition coefficient (Wildman–Crippen LogP) is 4.23. The van der Waals surface area contributed by atoms with Gasteiger partial charge in [0.05, 0.1) is 8.45 Å². The molecule has 0 atom stereocenters. The minimum atomic E-state index is 0.496. The third-order valence-electron chi connectivity index (χ3n) is 1.52. The van der Waals surface area contributed by atoms with Gasteiger partial charge in [-0.2, -0.15) is 0 Å². The van der Waals surface area contributed by atoms with E-state index in [9.17, 15) is 0 Å². The lowest BCUT2D eigenvalue weighted by Gasteiger charge is -1.99. The lowest BCUT2D eigenvalue weighted by Crippen LogP contribution is -1.89. The summed E-state index contributed by atoms with van der Waals surface area (Å²) in [6.45, 7) is 0. The van der Waals surface area contributed by atoms with E-state index in [4.69, 9.17) is 11.6 Å². The van der Waals surface area contributed by atoms with Crippen molar-refractivity contribution in [2.75, 3.05) is 0 Å². The predicted molar refractivity (Wildman–Crippen MR) is 70.8 cm³/mol. The zero-order valence-electron chi connectivity index (χ0n) is 6.67. The van der Waals surface area contributed by atoms with Gasteiger partial charge in [-0.15, -0.1) is 11.3 Å². The van der Waals surface area contributed by atoms with Crippen LogP contribution in [0.25, 0.3) is 10.7 Å². The lowest BCUT2D eigenvalue weighted by atomic mass is 10.4. The Balaban J connectivity index is 2.53. The van der Waals surface area contributed by atoms with Crippen molar-refractivity contribution in [1.82, 2.24) is 9.97 Å². The Morgan fingerprint density at radius 3 is 2.86 bits per heavy atom. The molecule has 0 unspecified atom stereocenters. The summed E-state index contributed by atoms with van der Waals surface area (Å²) in [7, 11) is 0. The summed E-state index contributed by atoms with van der Waals surface area (Å²) < 4.78 is 1.86. The highest BCUT2D eigenvalue weighted by Crippen LogP contribution is 2.31.